The van der Waals surface area contributed by atoms with Crippen LogP contribution in [0.2, 0.25) is 0 Å². The molecule has 4 aromatic rings. The van der Waals surface area contributed by atoms with Crippen molar-refractivity contribution in [2.75, 3.05) is 29.1 Å². The number of fused-ring (bicyclic) bond motifs is 1. The number of terminal acetylenes is 1. The van der Waals surface area contributed by atoms with Crippen LogP contribution in [0.1, 0.15) is 65.7 Å². The lowest BCUT2D eigenvalue weighted by molar-refractivity contribution is -0.124. The topological polar surface area (TPSA) is 151 Å². The number of aryl methyl sites for hydroxylation is 2. The Hall–Kier alpha value is -5.38. The van der Waals surface area contributed by atoms with E-state index in [1.54, 1.807) is 19.2 Å². The monoisotopic (exact) mass is 590 g/mol. The van der Waals surface area contributed by atoms with Gasteiger partial charge in [-0.05, 0) is 56.7 Å². The minimum atomic E-state index is -0.685. The Morgan fingerprint density at radius 1 is 1.09 bits per heavy atom. The lowest BCUT2D eigenvalue weighted by Gasteiger charge is -2.17. The number of imide groups is 1. The predicted molar refractivity (Wildman–Crippen MR) is 161 cm³/mol. The maximum Gasteiger partial charge on any atom is 0.331 e. The fourth-order valence-corrected chi connectivity index (χ4v) is 5.57. The average molecular weight is 591 g/mol. The normalized spacial score (nSPS) is 20.1. The van der Waals surface area contributed by atoms with Gasteiger partial charge in [0.15, 0.2) is 5.65 Å². The third-order valence-corrected chi connectivity index (χ3v) is 8.21. The van der Waals surface area contributed by atoms with Crippen LogP contribution in [0.5, 0.6) is 0 Å². The number of hydrogen-bond acceptors (Lipinski definition) is 9. The molecule has 3 atom stereocenters. The molecule has 7 rings (SSSR count). The Kier molecular flexibility index (Phi) is 6.49. The van der Waals surface area contributed by atoms with Crippen molar-refractivity contribution in [1.29, 1.82) is 0 Å². The number of anilines is 3. The number of nitrogens with zero attached hydrogens (tertiary/aromatic N) is 8. The van der Waals surface area contributed by atoms with E-state index in [0.717, 1.165) is 29.0 Å². The summed E-state index contributed by atoms with van der Waals surface area (Å²) in [5.41, 5.74) is 3.57. The molecule has 3 fully saturated rings. The summed E-state index contributed by atoms with van der Waals surface area (Å²) < 4.78 is 1.86. The molecule has 4 amide bonds. The van der Waals surface area contributed by atoms with Gasteiger partial charge < -0.3 is 15.0 Å². The fourth-order valence-electron chi connectivity index (χ4n) is 5.57. The van der Waals surface area contributed by atoms with Crippen LogP contribution in [0.3, 0.4) is 0 Å². The average Bonchev–Trinajstić information content (AvgIpc) is 3.92. The number of urea groups is 1. The number of amides is 4. The van der Waals surface area contributed by atoms with E-state index < -0.39 is 12.1 Å². The SMILES string of the molecule is C#C[C@@H](Nc1cc(NC(=O)[C@H]2C[C@@H]2c2nccc(C)n2)nc(C)n1)c1cn2cc(C3CC3)cc(N3CC(=O)N(C)C3=O)c2n1. The van der Waals surface area contributed by atoms with Gasteiger partial charge in [0.05, 0.1) is 11.4 Å². The van der Waals surface area contributed by atoms with Crippen LogP contribution in [-0.4, -0.2) is 65.7 Å². The molecule has 0 aromatic carbocycles. The molecule has 0 radical (unpaired) electrons. The maximum absolute atomic E-state index is 13.0. The summed E-state index contributed by atoms with van der Waals surface area (Å²) in [6.45, 7) is 3.58. The van der Waals surface area contributed by atoms with Gasteiger partial charge in [-0.3, -0.25) is 19.4 Å². The Morgan fingerprint density at radius 2 is 1.89 bits per heavy atom. The molecule has 3 aliphatic rings. The molecule has 2 saturated carbocycles. The molecular weight excluding hydrogens is 560 g/mol. The summed E-state index contributed by atoms with van der Waals surface area (Å²) in [6, 6.07) is 4.33. The highest BCUT2D eigenvalue weighted by Crippen LogP contribution is 2.46. The second-order valence-electron chi connectivity index (χ2n) is 11.6. The zero-order valence-electron chi connectivity index (χ0n) is 24.5. The number of carbonyl (C=O) groups is 3. The highest BCUT2D eigenvalue weighted by molar-refractivity contribution is 6.13. The number of hydrogen-bond donors (Lipinski definition) is 2. The minimum absolute atomic E-state index is 0.0176. The maximum atomic E-state index is 13.0. The molecule has 0 spiro atoms. The summed E-state index contributed by atoms with van der Waals surface area (Å²) in [4.78, 5) is 63.2. The van der Waals surface area contributed by atoms with Gasteiger partial charge in [0.25, 0.3) is 0 Å². The molecule has 0 unspecified atom stereocenters. The first-order valence-corrected chi connectivity index (χ1v) is 14.5. The first kappa shape index (κ1) is 27.5. The first-order chi connectivity index (χ1) is 21.2. The molecule has 13 heteroatoms. The summed E-state index contributed by atoms with van der Waals surface area (Å²) in [5, 5.41) is 6.13. The van der Waals surface area contributed by atoms with Crippen LogP contribution < -0.4 is 15.5 Å². The third kappa shape index (κ3) is 5.08. The quantitative estimate of drug-likeness (QED) is 0.233. The molecular formula is C31H30N10O3. The van der Waals surface area contributed by atoms with E-state index in [2.05, 4.69) is 36.5 Å². The lowest BCUT2D eigenvalue weighted by Crippen LogP contribution is -2.30. The number of likely N-dealkylation sites (N-methyl/N-ethyl adjacent to an activating group) is 1. The summed E-state index contributed by atoms with van der Waals surface area (Å²) in [5.74, 6) is 4.36. The van der Waals surface area contributed by atoms with Gasteiger partial charge in [-0.15, -0.1) is 6.42 Å². The molecule has 222 valence electrons. The summed E-state index contributed by atoms with van der Waals surface area (Å²) in [7, 11) is 1.48. The van der Waals surface area contributed by atoms with E-state index >= 15 is 0 Å². The van der Waals surface area contributed by atoms with Crippen molar-refractivity contribution in [3.63, 3.8) is 0 Å². The van der Waals surface area contributed by atoms with Gasteiger partial charge in [0.1, 0.15) is 35.9 Å². The Labute approximate surface area is 253 Å². The van der Waals surface area contributed by atoms with Crippen molar-refractivity contribution in [3.8, 4) is 12.3 Å². The van der Waals surface area contributed by atoms with Crippen LogP contribution in [0.25, 0.3) is 5.65 Å². The van der Waals surface area contributed by atoms with E-state index in [1.807, 2.05) is 35.9 Å². The third-order valence-electron chi connectivity index (χ3n) is 8.21. The van der Waals surface area contributed by atoms with E-state index in [0.29, 0.717) is 52.7 Å². The summed E-state index contributed by atoms with van der Waals surface area (Å²) in [6.07, 6.45) is 14.3. The van der Waals surface area contributed by atoms with Gasteiger partial charge >= 0.3 is 6.03 Å². The number of aromatic nitrogens is 6. The molecule has 1 saturated heterocycles. The highest BCUT2D eigenvalue weighted by Gasteiger charge is 2.46. The molecule has 4 aromatic heterocycles. The van der Waals surface area contributed by atoms with E-state index in [1.165, 1.54) is 11.9 Å². The minimum Gasteiger partial charge on any atom is -0.351 e. The zero-order chi connectivity index (χ0) is 30.7. The molecule has 2 N–H and O–H groups in total. The zero-order valence-corrected chi connectivity index (χ0v) is 24.5. The highest BCUT2D eigenvalue weighted by atomic mass is 16.2. The largest absolute Gasteiger partial charge is 0.351 e. The van der Waals surface area contributed by atoms with E-state index in [4.69, 9.17) is 11.4 Å². The Bertz CT molecular complexity index is 1890. The van der Waals surface area contributed by atoms with Gasteiger partial charge in [0.2, 0.25) is 11.8 Å². The smallest absolute Gasteiger partial charge is 0.331 e. The molecule has 0 bridgehead atoms. The van der Waals surface area contributed by atoms with Crippen LogP contribution in [0.15, 0.2) is 36.8 Å². The second kappa shape index (κ2) is 10.4. The fraction of sp³-hybridized carbons (Fsp3) is 0.355. The van der Waals surface area contributed by atoms with Crippen molar-refractivity contribution in [2.24, 2.45) is 5.92 Å². The Morgan fingerprint density at radius 3 is 2.59 bits per heavy atom. The lowest BCUT2D eigenvalue weighted by atomic mass is 10.1. The van der Waals surface area contributed by atoms with Crippen LogP contribution in [0, 0.1) is 32.1 Å². The standard InChI is InChI=1S/C31H30N10O3/c1-5-22(23-14-40-13-19(18-6-7-18)10-24(29(40)37-23)41-15-27(42)39(4)31(41)44)36-25-12-26(35-17(3)34-25)38-30(43)21-11-20(21)28-32-9-8-16(2)33-28/h1,8-10,12-14,18,20-22H,6-7,11,15H2,2-4H3,(H2,34,35,36,38,43)/t20-,21-,22+/m0/s1. The number of carbonyl (C=O) groups excluding carboxylic acids is 3. The van der Waals surface area contributed by atoms with Crippen LogP contribution >= 0.6 is 0 Å². The van der Waals surface area contributed by atoms with Gasteiger partial charge in [-0.25, -0.2) is 29.7 Å². The van der Waals surface area contributed by atoms with Crippen molar-refractivity contribution in [2.45, 2.75) is 51.0 Å². The second-order valence-corrected chi connectivity index (χ2v) is 11.6. The number of rotatable bonds is 8. The molecule has 44 heavy (non-hydrogen) atoms. The van der Waals surface area contributed by atoms with Crippen LogP contribution in [-0.2, 0) is 9.59 Å². The van der Waals surface area contributed by atoms with Crippen LogP contribution in [0.4, 0.5) is 22.1 Å². The number of imidazole rings is 1. The van der Waals surface area contributed by atoms with Gasteiger partial charge in [0, 0.05) is 49.2 Å². The van der Waals surface area contributed by atoms with Crippen molar-refractivity contribution >= 4 is 40.8 Å². The number of pyridine rings is 1. The van der Waals surface area contributed by atoms with Gasteiger partial charge in [-0.2, -0.15) is 0 Å². The molecule has 2 aliphatic carbocycles. The molecule has 1 aliphatic heterocycles. The molecule has 13 nitrogen and oxygen atoms in total. The van der Waals surface area contributed by atoms with Crippen molar-refractivity contribution in [3.05, 3.63) is 65.4 Å². The number of nitrogens with one attached hydrogen (secondary N) is 2. The van der Waals surface area contributed by atoms with Crippen molar-refractivity contribution < 1.29 is 14.4 Å². The predicted octanol–water partition coefficient (Wildman–Crippen LogP) is 3.34. The van der Waals surface area contributed by atoms with Crippen molar-refractivity contribution in [1.82, 2.24) is 34.2 Å². The van der Waals surface area contributed by atoms with E-state index in [-0.39, 0.29) is 30.2 Å². The first-order valence-electron chi connectivity index (χ1n) is 14.5. The molecule has 5 heterocycles. The van der Waals surface area contributed by atoms with Gasteiger partial charge in [-0.1, -0.05) is 5.92 Å². The van der Waals surface area contributed by atoms with E-state index in [9.17, 15) is 14.4 Å². The Balaban J connectivity index is 1.12. The summed E-state index contributed by atoms with van der Waals surface area (Å²) >= 11 is 0.